The Hall–Kier alpha value is -2.17. The maximum absolute atomic E-state index is 4.37. The molecule has 80 valence electrons. The molecular weight excluding hydrogens is 202 g/mol. The highest BCUT2D eigenvalue weighted by Gasteiger charge is 2.07. The Balaban J connectivity index is 2.30. The average Bonchev–Trinajstić information content (AvgIpc) is 2.82. The van der Waals surface area contributed by atoms with Gasteiger partial charge in [-0.25, -0.2) is 9.50 Å². The third kappa shape index (κ3) is 1.29. The van der Waals surface area contributed by atoms with E-state index in [-0.39, 0.29) is 0 Å². The van der Waals surface area contributed by atoms with Crippen molar-refractivity contribution in [1.29, 1.82) is 0 Å². The third-order valence-electron chi connectivity index (χ3n) is 2.47. The minimum absolute atomic E-state index is 0.774. The summed E-state index contributed by atoms with van der Waals surface area (Å²) in [7, 11) is 1.90. The second-order valence-corrected chi connectivity index (χ2v) is 3.74. The number of hydrogen-bond donors (Lipinski definition) is 0. The topological polar surface area (TPSA) is 48.0 Å². The minimum Gasteiger partial charge on any atom is -0.275 e. The van der Waals surface area contributed by atoms with E-state index < -0.39 is 0 Å². The van der Waals surface area contributed by atoms with Crippen LogP contribution in [0.15, 0.2) is 30.6 Å². The fourth-order valence-corrected chi connectivity index (χ4v) is 1.78. The predicted molar refractivity (Wildman–Crippen MR) is 59.9 cm³/mol. The van der Waals surface area contributed by atoms with Gasteiger partial charge in [-0.05, 0) is 19.1 Å². The van der Waals surface area contributed by atoms with E-state index in [0.717, 1.165) is 22.7 Å². The first-order valence-corrected chi connectivity index (χ1v) is 5.05. The van der Waals surface area contributed by atoms with E-state index in [2.05, 4.69) is 15.2 Å². The summed E-state index contributed by atoms with van der Waals surface area (Å²) in [5, 5.41) is 8.53. The molecule has 16 heavy (non-hydrogen) atoms. The number of aryl methyl sites for hydroxylation is 2. The molecule has 0 spiro atoms. The fraction of sp³-hybridized carbons (Fsp3) is 0.182. The molecule has 0 aliphatic heterocycles. The Morgan fingerprint density at radius 1 is 1.25 bits per heavy atom. The molecule has 0 aliphatic rings. The first kappa shape index (κ1) is 9.08. The number of fused-ring (bicyclic) bond motifs is 1. The average molecular weight is 213 g/mol. The zero-order valence-electron chi connectivity index (χ0n) is 9.12. The van der Waals surface area contributed by atoms with Crippen LogP contribution >= 0.6 is 0 Å². The van der Waals surface area contributed by atoms with Gasteiger partial charge in [-0.2, -0.15) is 10.2 Å². The van der Waals surface area contributed by atoms with Crippen molar-refractivity contribution in [2.75, 3.05) is 0 Å². The molecule has 0 atom stereocenters. The van der Waals surface area contributed by atoms with Crippen LogP contribution in [0.1, 0.15) is 5.82 Å². The minimum atomic E-state index is 0.774. The lowest BCUT2D eigenvalue weighted by Gasteiger charge is -1.99. The predicted octanol–water partition coefficient (Wildman–Crippen LogP) is 1.44. The summed E-state index contributed by atoms with van der Waals surface area (Å²) >= 11 is 0. The lowest BCUT2D eigenvalue weighted by molar-refractivity contribution is 0.768. The maximum atomic E-state index is 4.37. The molecule has 3 aromatic rings. The zero-order chi connectivity index (χ0) is 11.1. The number of aromatic nitrogens is 5. The standard InChI is InChI=1S/C11H11N5/c1-8-13-11-5-3-4-10(16(11)14-8)9-6-12-15(2)7-9/h3-7H,1-2H3. The van der Waals surface area contributed by atoms with Gasteiger partial charge in [-0.3, -0.25) is 4.68 Å². The number of rotatable bonds is 1. The highest BCUT2D eigenvalue weighted by Crippen LogP contribution is 2.18. The number of hydrogen-bond acceptors (Lipinski definition) is 3. The van der Waals surface area contributed by atoms with Gasteiger partial charge in [0.1, 0.15) is 5.82 Å². The molecule has 0 radical (unpaired) electrons. The Morgan fingerprint density at radius 3 is 2.88 bits per heavy atom. The van der Waals surface area contributed by atoms with Crippen molar-refractivity contribution in [2.45, 2.75) is 6.92 Å². The Bertz CT molecular complexity index is 649. The van der Waals surface area contributed by atoms with E-state index in [0.29, 0.717) is 0 Å². The van der Waals surface area contributed by atoms with E-state index >= 15 is 0 Å². The maximum Gasteiger partial charge on any atom is 0.156 e. The van der Waals surface area contributed by atoms with E-state index in [1.165, 1.54) is 0 Å². The van der Waals surface area contributed by atoms with Crippen molar-refractivity contribution in [2.24, 2.45) is 7.05 Å². The van der Waals surface area contributed by atoms with Crippen LogP contribution in [0.4, 0.5) is 0 Å². The van der Waals surface area contributed by atoms with Crippen LogP contribution in [0.2, 0.25) is 0 Å². The van der Waals surface area contributed by atoms with Crippen molar-refractivity contribution in [3.05, 3.63) is 36.4 Å². The molecule has 5 nitrogen and oxygen atoms in total. The van der Waals surface area contributed by atoms with E-state index in [9.17, 15) is 0 Å². The monoisotopic (exact) mass is 213 g/mol. The SMILES string of the molecule is Cc1nc2cccc(-c3cnn(C)c3)n2n1. The molecule has 5 heteroatoms. The summed E-state index contributed by atoms with van der Waals surface area (Å²) in [6.45, 7) is 1.89. The quantitative estimate of drug-likeness (QED) is 0.614. The zero-order valence-corrected chi connectivity index (χ0v) is 9.12. The van der Waals surface area contributed by atoms with Crippen molar-refractivity contribution in [1.82, 2.24) is 24.4 Å². The summed E-state index contributed by atoms with van der Waals surface area (Å²) in [5.74, 6) is 0.774. The van der Waals surface area contributed by atoms with Crippen LogP contribution in [0.25, 0.3) is 16.9 Å². The van der Waals surface area contributed by atoms with Gasteiger partial charge in [0.25, 0.3) is 0 Å². The van der Waals surface area contributed by atoms with Gasteiger partial charge in [0.2, 0.25) is 0 Å². The van der Waals surface area contributed by atoms with Crippen LogP contribution in [0.3, 0.4) is 0 Å². The summed E-state index contributed by atoms with van der Waals surface area (Å²) in [4.78, 5) is 4.33. The lowest BCUT2D eigenvalue weighted by Crippen LogP contribution is -1.92. The first-order valence-electron chi connectivity index (χ1n) is 5.05. The summed E-state index contributed by atoms with van der Waals surface area (Å²) < 4.78 is 3.62. The van der Waals surface area contributed by atoms with Crippen LogP contribution in [-0.2, 0) is 7.05 Å². The van der Waals surface area contributed by atoms with Crippen molar-refractivity contribution in [3.8, 4) is 11.3 Å². The van der Waals surface area contributed by atoms with E-state index in [1.807, 2.05) is 49.1 Å². The molecule has 0 saturated carbocycles. The molecule has 0 fully saturated rings. The lowest BCUT2D eigenvalue weighted by atomic mass is 10.2. The second kappa shape index (κ2) is 3.16. The number of nitrogens with zero attached hydrogens (tertiary/aromatic N) is 5. The molecule has 3 rings (SSSR count). The Labute approximate surface area is 92.4 Å². The first-order chi connectivity index (χ1) is 7.74. The van der Waals surface area contributed by atoms with Gasteiger partial charge >= 0.3 is 0 Å². The molecular formula is C11H11N5. The second-order valence-electron chi connectivity index (χ2n) is 3.74. The summed E-state index contributed by atoms with van der Waals surface area (Å²) in [5.41, 5.74) is 2.91. The highest BCUT2D eigenvalue weighted by molar-refractivity contribution is 5.61. The van der Waals surface area contributed by atoms with Crippen LogP contribution < -0.4 is 0 Å². The molecule has 3 heterocycles. The van der Waals surface area contributed by atoms with Crippen LogP contribution in [-0.4, -0.2) is 24.4 Å². The van der Waals surface area contributed by atoms with Gasteiger partial charge in [-0.15, -0.1) is 0 Å². The van der Waals surface area contributed by atoms with Gasteiger partial charge in [-0.1, -0.05) is 6.07 Å². The molecule has 0 saturated heterocycles. The summed E-state index contributed by atoms with van der Waals surface area (Å²) in [6.07, 6.45) is 3.79. The molecule has 0 aliphatic carbocycles. The largest absolute Gasteiger partial charge is 0.275 e. The van der Waals surface area contributed by atoms with Gasteiger partial charge in [0.15, 0.2) is 5.65 Å². The molecule has 0 unspecified atom stereocenters. The molecule has 0 amide bonds. The van der Waals surface area contributed by atoms with Crippen LogP contribution in [0, 0.1) is 6.92 Å². The van der Waals surface area contributed by atoms with Crippen molar-refractivity contribution < 1.29 is 0 Å². The Kier molecular flexibility index (Phi) is 1.80. The molecule has 0 N–H and O–H groups in total. The van der Waals surface area contributed by atoms with Gasteiger partial charge in [0.05, 0.1) is 11.9 Å². The van der Waals surface area contributed by atoms with E-state index in [4.69, 9.17) is 0 Å². The number of pyridine rings is 1. The summed E-state index contributed by atoms with van der Waals surface area (Å²) in [6, 6.07) is 5.93. The van der Waals surface area contributed by atoms with Crippen molar-refractivity contribution >= 4 is 5.65 Å². The van der Waals surface area contributed by atoms with Gasteiger partial charge < -0.3 is 0 Å². The third-order valence-corrected chi connectivity index (χ3v) is 2.47. The normalized spacial score (nSPS) is 11.1. The molecule has 0 aromatic carbocycles. The molecule has 0 bridgehead atoms. The van der Waals surface area contributed by atoms with Gasteiger partial charge in [0, 0.05) is 18.8 Å². The highest BCUT2D eigenvalue weighted by atomic mass is 15.3. The fourth-order valence-electron chi connectivity index (χ4n) is 1.78. The Morgan fingerprint density at radius 2 is 2.12 bits per heavy atom. The smallest absolute Gasteiger partial charge is 0.156 e. The molecule has 3 aromatic heterocycles. The van der Waals surface area contributed by atoms with Crippen molar-refractivity contribution in [3.63, 3.8) is 0 Å². The van der Waals surface area contributed by atoms with Crippen LogP contribution in [0.5, 0.6) is 0 Å². The van der Waals surface area contributed by atoms with E-state index in [1.54, 1.807) is 4.68 Å².